The van der Waals surface area contributed by atoms with E-state index in [9.17, 15) is 18.0 Å². The van der Waals surface area contributed by atoms with Crippen LogP contribution in [0.15, 0.2) is 30.7 Å². The van der Waals surface area contributed by atoms with Crippen molar-refractivity contribution in [1.29, 1.82) is 0 Å². The zero-order valence-electron chi connectivity index (χ0n) is 20.2. The van der Waals surface area contributed by atoms with E-state index in [2.05, 4.69) is 15.1 Å². The van der Waals surface area contributed by atoms with Crippen LogP contribution in [-0.4, -0.2) is 53.2 Å². The molecule has 9 nitrogen and oxygen atoms in total. The molecule has 1 unspecified atom stereocenters. The molecule has 0 bridgehead atoms. The van der Waals surface area contributed by atoms with Gasteiger partial charge in [-0.15, -0.1) is 0 Å². The predicted molar refractivity (Wildman–Crippen MR) is 121 cm³/mol. The number of pyridine rings is 2. The number of anilines is 1. The highest BCUT2D eigenvalue weighted by molar-refractivity contribution is 6.11. The number of nitrogens with zero attached hydrogens (tertiary/aromatic N) is 5. The van der Waals surface area contributed by atoms with Gasteiger partial charge in [-0.2, -0.15) is 18.3 Å². The number of carbonyl (C=O) groups excluding carboxylic acids is 1. The van der Waals surface area contributed by atoms with Crippen molar-refractivity contribution in [3.8, 4) is 22.9 Å². The molecule has 1 amide bonds. The first-order valence-corrected chi connectivity index (χ1v) is 10.7. The average Bonchev–Trinajstić information content (AvgIpc) is 3.39. The Bertz CT molecular complexity index is 1210. The summed E-state index contributed by atoms with van der Waals surface area (Å²) in [5.74, 6) is 0.282. The van der Waals surface area contributed by atoms with Crippen molar-refractivity contribution in [1.82, 2.24) is 19.7 Å². The van der Waals surface area contributed by atoms with Gasteiger partial charge in [-0.1, -0.05) is 13.8 Å². The Morgan fingerprint density at radius 3 is 2.40 bits per heavy atom. The molecule has 0 N–H and O–H groups in total. The summed E-state index contributed by atoms with van der Waals surface area (Å²) < 4.78 is 54.9. The Morgan fingerprint density at radius 2 is 1.80 bits per heavy atom. The number of alkyl halides is 3. The van der Waals surface area contributed by atoms with Gasteiger partial charge in [0.25, 0.3) is 11.8 Å². The maximum absolute atomic E-state index is 13.2. The molecule has 3 aromatic heterocycles. The molecule has 4 rings (SSSR count). The second-order valence-electron chi connectivity index (χ2n) is 7.29. The molecule has 0 aliphatic carbocycles. The maximum Gasteiger partial charge on any atom is 0.408 e. The molecule has 4 heterocycles. The lowest BCUT2D eigenvalue weighted by atomic mass is 10.0. The highest BCUT2D eigenvalue weighted by atomic mass is 19.4. The largest absolute Gasteiger partial charge is 0.491 e. The van der Waals surface area contributed by atoms with E-state index in [1.54, 1.807) is 25.3 Å². The number of carbonyl (C=O) groups is 1. The van der Waals surface area contributed by atoms with Gasteiger partial charge in [0.1, 0.15) is 12.2 Å². The maximum atomic E-state index is 13.2. The summed E-state index contributed by atoms with van der Waals surface area (Å²) in [4.78, 5) is 23.3. The third-order valence-electron chi connectivity index (χ3n) is 5.14. The number of aryl methyl sites for hydroxylation is 1. The summed E-state index contributed by atoms with van der Waals surface area (Å²) in [6.07, 6.45) is -1.48. The van der Waals surface area contributed by atoms with Crippen LogP contribution >= 0.6 is 0 Å². The normalized spacial score (nSPS) is 14.9. The summed E-state index contributed by atoms with van der Waals surface area (Å²) in [5, 5.41) is 3.73. The summed E-state index contributed by atoms with van der Waals surface area (Å²) in [6.45, 7) is 4.48. The van der Waals surface area contributed by atoms with E-state index < -0.39 is 24.9 Å². The van der Waals surface area contributed by atoms with Gasteiger partial charge in [-0.05, 0) is 24.6 Å². The van der Waals surface area contributed by atoms with E-state index in [0.717, 1.165) is 10.9 Å². The molecule has 0 fully saturated rings. The first-order valence-electron chi connectivity index (χ1n) is 10.7. The number of rotatable bonds is 6. The van der Waals surface area contributed by atoms with Crippen LogP contribution in [0.1, 0.15) is 41.7 Å². The van der Waals surface area contributed by atoms with Crippen molar-refractivity contribution in [3.63, 3.8) is 0 Å². The van der Waals surface area contributed by atoms with Gasteiger partial charge < -0.3 is 14.2 Å². The van der Waals surface area contributed by atoms with Crippen molar-refractivity contribution in [2.75, 3.05) is 26.2 Å². The van der Waals surface area contributed by atoms with Crippen LogP contribution in [0, 0.1) is 6.92 Å². The van der Waals surface area contributed by atoms with Gasteiger partial charge >= 0.3 is 6.18 Å². The van der Waals surface area contributed by atoms with Crippen LogP contribution in [0.5, 0.6) is 11.6 Å². The lowest BCUT2D eigenvalue weighted by Crippen LogP contribution is -2.28. The van der Waals surface area contributed by atoms with Crippen LogP contribution < -0.4 is 14.4 Å². The summed E-state index contributed by atoms with van der Waals surface area (Å²) in [7, 11) is 4.35. The Hall–Kier alpha value is -3.67. The minimum Gasteiger partial charge on any atom is -0.491 e. The van der Waals surface area contributed by atoms with E-state index >= 15 is 0 Å². The van der Waals surface area contributed by atoms with Crippen LogP contribution in [0.3, 0.4) is 0 Å². The lowest BCUT2D eigenvalue weighted by Gasteiger charge is -2.21. The lowest BCUT2D eigenvalue weighted by molar-refractivity contribution is -0.142. The fourth-order valence-corrected chi connectivity index (χ4v) is 3.74. The smallest absolute Gasteiger partial charge is 0.408 e. The van der Waals surface area contributed by atoms with Crippen LogP contribution in [0.2, 0.25) is 0 Å². The Kier molecular flexibility index (Phi) is 7.64. The molecule has 0 saturated carbocycles. The van der Waals surface area contributed by atoms with E-state index in [4.69, 9.17) is 14.2 Å². The molecule has 3 aromatic rings. The molecular weight excluding hydrogens is 467 g/mol. The number of fused-ring (bicyclic) bond motifs is 1. The second kappa shape index (κ2) is 10.3. The number of amides is 1. The number of hydrogen-bond acceptors (Lipinski definition) is 7. The van der Waals surface area contributed by atoms with Gasteiger partial charge in [0.2, 0.25) is 0 Å². The molecule has 1 aliphatic rings. The minimum atomic E-state index is -4.44. The highest BCUT2D eigenvalue weighted by Crippen LogP contribution is 2.40. The monoisotopic (exact) mass is 493 g/mol. The zero-order chi connectivity index (χ0) is 25.9. The van der Waals surface area contributed by atoms with Crippen molar-refractivity contribution >= 4 is 11.6 Å². The van der Waals surface area contributed by atoms with E-state index in [1.807, 2.05) is 13.8 Å². The van der Waals surface area contributed by atoms with Gasteiger partial charge in [0.05, 0.1) is 37.4 Å². The molecule has 12 heteroatoms. The fourth-order valence-electron chi connectivity index (χ4n) is 3.74. The third-order valence-corrected chi connectivity index (χ3v) is 5.14. The number of ether oxygens (including phenoxy) is 3. The van der Waals surface area contributed by atoms with Crippen molar-refractivity contribution < 1.29 is 32.2 Å². The molecule has 0 aromatic carbocycles. The molecule has 1 aliphatic heterocycles. The molecule has 0 spiro atoms. The van der Waals surface area contributed by atoms with Gasteiger partial charge in [0, 0.05) is 25.1 Å². The van der Waals surface area contributed by atoms with Gasteiger partial charge in [-0.3, -0.25) is 14.4 Å². The molecule has 188 valence electrons. The molecule has 0 radical (unpaired) electrons. The van der Waals surface area contributed by atoms with E-state index in [0.29, 0.717) is 39.7 Å². The number of halogens is 3. The van der Waals surface area contributed by atoms with E-state index in [-0.39, 0.29) is 5.69 Å². The van der Waals surface area contributed by atoms with Crippen LogP contribution in [-0.2, 0) is 11.3 Å². The number of methoxy groups -OCH3 is 3. The SMILES string of the molecule is CC.COc1cc(-c2cc(C)c3c(n2)C(OC)N(c2cnn(CC(F)(F)F)c2)C3=O)cnc1OC. The van der Waals surface area contributed by atoms with Gasteiger partial charge in [0.15, 0.2) is 12.0 Å². The molecule has 1 atom stereocenters. The predicted octanol–water partition coefficient (Wildman–Crippen LogP) is 4.56. The van der Waals surface area contributed by atoms with Gasteiger partial charge in [-0.25, -0.2) is 9.97 Å². The molecule has 0 saturated heterocycles. The first-order chi connectivity index (χ1) is 16.7. The summed E-state index contributed by atoms with van der Waals surface area (Å²) >= 11 is 0. The quantitative estimate of drug-likeness (QED) is 0.497. The van der Waals surface area contributed by atoms with Crippen molar-refractivity contribution in [3.05, 3.63) is 47.5 Å². The van der Waals surface area contributed by atoms with Crippen molar-refractivity contribution in [2.45, 2.75) is 39.7 Å². The zero-order valence-corrected chi connectivity index (χ0v) is 20.2. The number of aromatic nitrogens is 4. The first kappa shape index (κ1) is 25.9. The molecule has 35 heavy (non-hydrogen) atoms. The van der Waals surface area contributed by atoms with Crippen LogP contribution in [0.25, 0.3) is 11.3 Å². The summed E-state index contributed by atoms with van der Waals surface area (Å²) in [6, 6.07) is 3.43. The highest BCUT2D eigenvalue weighted by Gasteiger charge is 2.42. The Morgan fingerprint density at radius 1 is 1.09 bits per heavy atom. The summed E-state index contributed by atoms with van der Waals surface area (Å²) in [5.41, 5.74) is 2.60. The Balaban J connectivity index is 0.00000167. The Labute approximate surface area is 200 Å². The fraction of sp³-hybridized carbons (Fsp3) is 0.391. The standard InChI is InChI=1S/C21H20F3N5O4.C2H6/c1-11-5-14(12-6-15(31-2)18(32-3)25-7-12)27-17-16(11)19(30)29(20(17)33-4)13-8-26-28(9-13)10-21(22,23)24;1-2/h5-9,20H,10H2,1-4H3;1-2H3. The third kappa shape index (κ3) is 5.06. The molecular formula is C23H26F3N5O4. The average molecular weight is 493 g/mol. The van der Waals surface area contributed by atoms with Crippen molar-refractivity contribution in [2.24, 2.45) is 0 Å². The van der Waals surface area contributed by atoms with Crippen LogP contribution in [0.4, 0.5) is 18.9 Å². The second-order valence-corrected chi connectivity index (χ2v) is 7.29. The van der Waals surface area contributed by atoms with E-state index in [1.165, 1.54) is 32.4 Å². The topological polar surface area (TPSA) is 91.6 Å². The number of hydrogen-bond donors (Lipinski definition) is 0. The minimum absolute atomic E-state index is 0.169.